The Morgan fingerprint density at radius 1 is 1.38 bits per heavy atom. The maximum absolute atomic E-state index is 13.7. The van der Waals surface area contributed by atoms with Crippen LogP contribution in [-0.2, 0) is 6.54 Å². The van der Waals surface area contributed by atoms with Gasteiger partial charge in [0.25, 0.3) is 0 Å². The molecule has 2 nitrogen and oxygen atoms in total. The van der Waals surface area contributed by atoms with E-state index in [0.29, 0.717) is 17.7 Å². The van der Waals surface area contributed by atoms with Crippen LogP contribution in [0.2, 0.25) is 0 Å². The third kappa shape index (κ3) is 2.09. The van der Waals surface area contributed by atoms with Gasteiger partial charge in [-0.25, -0.2) is 4.39 Å². The summed E-state index contributed by atoms with van der Waals surface area (Å²) in [5, 5.41) is 4.06. The summed E-state index contributed by atoms with van der Waals surface area (Å²) < 4.78 is 19.2. The normalized spacial score (nSPS) is 11.2. The van der Waals surface area contributed by atoms with Gasteiger partial charge in [-0.2, -0.15) is 0 Å². The molecule has 1 heterocycles. The fraction of sp³-hybridized carbons (Fsp3) is 0.385. The third-order valence-corrected chi connectivity index (χ3v) is 2.60. The molecule has 2 rings (SSSR count). The van der Waals surface area contributed by atoms with E-state index in [2.05, 4.69) is 12.2 Å². The summed E-state index contributed by atoms with van der Waals surface area (Å²) in [6.07, 6.45) is 1.08. The summed E-state index contributed by atoms with van der Waals surface area (Å²) in [6.45, 7) is 5.44. The van der Waals surface area contributed by atoms with Gasteiger partial charge in [0.2, 0.25) is 0 Å². The van der Waals surface area contributed by atoms with E-state index in [1.165, 1.54) is 0 Å². The van der Waals surface area contributed by atoms with E-state index in [9.17, 15) is 4.39 Å². The van der Waals surface area contributed by atoms with Gasteiger partial charge in [-0.1, -0.05) is 19.1 Å². The van der Waals surface area contributed by atoms with Crippen LogP contribution >= 0.6 is 0 Å². The Hall–Kier alpha value is -1.35. The molecule has 0 spiro atoms. The van der Waals surface area contributed by atoms with Crippen molar-refractivity contribution in [2.45, 2.75) is 26.8 Å². The number of rotatable bonds is 4. The monoisotopic (exact) mass is 221 g/mol. The topological polar surface area (TPSA) is 25.2 Å². The number of benzene rings is 1. The molecule has 1 N–H and O–H groups in total. The second-order valence-electron chi connectivity index (χ2n) is 4.00. The first-order chi connectivity index (χ1) is 7.72. The van der Waals surface area contributed by atoms with Crippen molar-refractivity contribution >= 4 is 11.0 Å². The highest BCUT2D eigenvalue weighted by molar-refractivity contribution is 5.79. The van der Waals surface area contributed by atoms with E-state index >= 15 is 0 Å². The van der Waals surface area contributed by atoms with Crippen LogP contribution in [0.25, 0.3) is 11.0 Å². The lowest BCUT2D eigenvalue weighted by atomic mass is 10.2. The minimum absolute atomic E-state index is 0.251. The number of hydrogen-bond donors (Lipinski definition) is 1. The summed E-state index contributed by atoms with van der Waals surface area (Å²) in [5.74, 6) is 0.534. The molecule has 2 aromatic rings. The van der Waals surface area contributed by atoms with Crippen molar-refractivity contribution < 1.29 is 8.81 Å². The molecule has 16 heavy (non-hydrogen) atoms. The average Bonchev–Trinajstić information content (AvgIpc) is 2.68. The Morgan fingerprint density at radius 3 is 2.94 bits per heavy atom. The zero-order valence-electron chi connectivity index (χ0n) is 9.64. The lowest BCUT2D eigenvalue weighted by molar-refractivity contribution is 0.493. The Balaban J connectivity index is 2.26. The van der Waals surface area contributed by atoms with Crippen molar-refractivity contribution in [2.24, 2.45) is 0 Å². The fourth-order valence-corrected chi connectivity index (χ4v) is 1.70. The van der Waals surface area contributed by atoms with Gasteiger partial charge in [0.15, 0.2) is 11.4 Å². The summed E-state index contributed by atoms with van der Waals surface area (Å²) in [4.78, 5) is 0. The SMILES string of the molecule is CCCNCc1cc2ccc(C)c(F)c2o1. The van der Waals surface area contributed by atoms with Crippen LogP contribution in [0.4, 0.5) is 4.39 Å². The molecule has 0 unspecified atom stereocenters. The number of aryl methyl sites for hydroxylation is 1. The lowest BCUT2D eigenvalue weighted by Gasteiger charge is -1.98. The quantitative estimate of drug-likeness (QED) is 0.801. The minimum Gasteiger partial charge on any atom is -0.457 e. The zero-order chi connectivity index (χ0) is 11.5. The maximum atomic E-state index is 13.7. The van der Waals surface area contributed by atoms with Crippen molar-refractivity contribution in [2.75, 3.05) is 6.54 Å². The molecule has 0 saturated heterocycles. The van der Waals surface area contributed by atoms with E-state index in [1.807, 2.05) is 12.1 Å². The molecule has 1 aromatic heterocycles. The highest BCUT2D eigenvalue weighted by Crippen LogP contribution is 2.24. The molecule has 3 heteroatoms. The van der Waals surface area contributed by atoms with Gasteiger partial charge in [-0.15, -0.1) is 0 Å². The van der Waals surface area contributed by atoms with Crippen LogP contribution in [0.1, 0.15) is 24.7 Å². The van der Waals surface area contributed by atoms with Crippen LogP contribution < -0.4 is 5.32 Å². The summed E-state index contributed by atoms with van der Waals surface area (Å²) in [5.41, 5.74) is 0.989. The third-order valence-electron chi connectivity index (χ3n) is 2.60. The average molecular weight is 221 g/mol. The van der Waals surface area contributed by atoms with Gasteiger partial charge < -0.3 is 9.73 Å². The molecule has 0 atom stereocenters. The Kier molecular flexibility index (Phi) is 3.25. The van der Waals surface area contributed by atoms with E-state index in [1.54, 1.807) is 13.0 Å². The number of furan rings is 1. The first kappa shape index (κ1) is 11.1. The summed E-state index contributed by atoms with van der Waals surface area (Å²) in [6, 6.07) is 5.55. The number of fused-ring (bicyclic) bond motifs is 1. The van der Waals surface area contributed by atoms with Gasteiger partial charge >= 0.3 is 0 Å². The molecular weight excluding hydrogens is 205 g/mol. The fourth-order valence-electron chi connectivity index (χ4n) is 1.70. The molecule has 1 aromatic carbocycles. The van der Waals surface area contributed by atoms with Gasteiger partial charge in [-0.05, 0) is 31.5 Å². The molecule has 0 aliphatic rings. The number of hydrogen-bond acceptors (Lipinski definition) is 2. The second-order valence-corrected chi connectivity index (χ2v) is 4.00. The molecule has 0 fully saturated rings. The minimum atomic E-state index is -0.251. The van der Waals surface area contributed by atoms with Crippen molar-refractivity contribution in [3.8, 4) is 0 Å². The highest BCUT2D eigenvalue weighted by Gasteiger charge is 2.09. The van der Waals surface area contributed by atoms with Crippen molar-refractivity contribution in [1.82, 2.24) is 5.32 Å². The number of nitrogens with one attached hydrogen (secondary N) is 1. The second kappa shape index (κ2) is 4.66. The van der Waals surface area contributed by atoms with Crippen LogP contribution in [0.15, 0.2) is 22.6 Å². The maximum Gasteiger partial charge on any atom is 0.170 e. The van der Waals surface area contributed by atoms with Crippen molar-refractivity contribution in [1.29, 1.82) is 0 Å². The van der Waals surface area contributed by atoms with Gasteiger partial charge in [0.1, 0.15) is 5.76 Å². The van der Waals surface area contributed by atoms with E-state index in [-0.39, 0.29) is 5.82 Å². The first-order valence-electron chi connectivity index (χ1n) is 5.60. The molecular formula is C13H16FNO. The van der Waals surface area contributed by atoms with Crippen LogP contribution in [0.3, 0.4) is 0 Å². The smallest absolute Gasteiger partial charge is 0.170 e. The summed E-state index contributed by atoms with van der Waals surface area (Å²) >= 11 is 0. The Labute approximate surface area is 94.4 Å². The van der Waals surface area contributed by atoms with E-state index < -0.39 is 0 Å². The summed E-state index contributed by atoms with van der Waals surface area (Å²) in [7, 11) is 0. The van der Waals surface area contributed by atoms with Crippen molar-refractivity contribution in [3.05, 3.63) is 35.3 Å². The predicted octanol–water partition coefficient (Wildman–Crippen LogP) is 3.38. The van der Waals surface area contributed by atoms with Gasteiger partial charge in [-0.3, -0.25) is 0 Å². The molecule has 0 aliphatic heterocycles. The zero-order valence-corrected chi connectivity index (χ0v) is 9.64. The standard InChI is InChI=1S/C13H16FNO/c1-3-6-15-8-11-7-10-5-4-9(2)12(14)13(10)16-11/h4-5,7,15H,3,6,8H2,1-2H3. The largest absolute Gasteiger partial charge is 0.457 e. The molecule has 0 bridgehead atoms. The number of halogens is 1. The molecule has 0 saturated carbocycles. The molecule has 86 valence electrons. The van der Waals surface area contributed by atoms with Crippen molar-refractivity contribution in [3.63, 3.8) is 0 Å². The van der Waals surface area contributed by atoms with Gasteiger partial charge in [0.05, 0.1) is 6.54 Å². The van der Waals surface area contributed by atoms with Crippen LogP contribution in [-0.4, -0.2) is 6.54 Å². The van der Waals surface area contributed by atoms with E-state index in [4.69, 9.17) is 4.42 Å². The predicted molar refractivity (Wildman–Crippen MR) is 62.9 cm³/mol. The Bertz CT molecular complexity index is 490. The van der Waals surface area contributed by atoms with E-state index in [0.717, 1.165) is 24.1 Å². The Morgan fingerprint density at radius 2 is 2.19 bits per heavy atom. The lowest BCUT2D eigenvalue weighted by Crippen LogP contribution is -2.12. The van der Waals surface area contributed by atoms with Crippen LogP contribution in [0.5, 0.6) is 0 Å². The van der Waals surface area contributed by atoms with Crippen LogP contribution in [0, 0.1) is 12.7 Å². The highest BCUT2D eigenvalue weighted by atomic mass is 19.1. The molecule has 0 amide bonds. The van der Waals surface area contributed by atoms with Gasteiger partial charge in [0, 0.05) is 5.39 Å². The molecule has 0 aliphatic carbocycles. The molecule has 0 radical (unpaired) electrons. The first-order valence-corrected chi connectivity index (χ1v) is 5.60.